The summed E-state index contributed by atoms with van der Waals surface area (Å²) in [5.74, 6) is -0.325. The van der Waals surface area contributed by atoms with Crippen molar-refractivity contribution in [3.8, 4) is 0 Å². The average molecular weight is 439 g/mol. The second-order valence-corrected chi connectivity index (χ2v) is 7.32. The number of hydrogen-bond acceptors (Lipinski definition) is 6. The number of hydrogen-bond donors (Lipinski definition) is 0. The molecule has 0 N–H and O–H groups in total. The minimum absolute atomic E-state index is 0.0581. The molecule has 0 radical (unpaired) electrons. The molecular weight excluding hydrogens is 408 g/mol. The molecule has 0 amide bonds. The van der Waals surface area contributed by atoms with Crippen LogP contribution >= 0.6 is 0 Å². The Balaban J connectivity index is 1.65. The van der Waals surface area contributed by atoms with Crippen LogP contribution in [0.5, 0.6) is 0 Å². The van der Waals surface area contributed by atoms with Crippen molar-refractivity contribution in [3.05, 3.63) is 77.4 Å². The molecule has 0 saturated heterocycles. The highest BCUT2D eigenvalue weighted by atomic mass is 16.5. The van der Waals surface area contributed by atoms with Crippen molar-refractivity contribution < 1.29 is 28.6 Å². The molecule has 2 aromatic carbocycles. The van der Waals surface area contributed by atoms with Crippen molar-refractivity contribution in [2.75, 3.05) is 19.8 Å². The summed E-state index contributed by atoms with van der Waals surface area (Å²) in [7, 11) is 0. The summed E-state index contributed by atoms with van der Waals surface area (Å²) in [6.07, 6.45) is 3.16. The van der Waals surface area contributed by atoms with E-state index in [0.717, 1.165) is 18.4 Å². The highest BCUT2D eigenvalue weighted by molar-refractivity contribution is 5.96. The maximum atomic E-state index is 12.2. The lowest BCUT2D eigenvalue weighted by Crippen LogP contribution is -2.09. The first-order valence-electron chi connectivity index (χ1n) is 10.8. The van der Waals surface area contributed by atoms with Gasteiger partial charge in [-0.2, -0.15) is 0 Å². The van der Waals surface area contributed by atoms with E-state index in [4.69, 9.17) is 14.2 Å². The fraction of sp³-hybridized carbons (Fsp3) is 0.346. The Bertz CT molecular complexity index is 912. The third-order valence-corrected chi connectivity index (χ3v) is 4.75. The molecule has 170 valence electrons. The molecule has 0 aliphatic heterocycles. The monoisotopic (exact) mass is 438 g/mol. The number of rotatable bonds is 13. The largest absolute Gasteiger partial charge is 0.494 e. The van der Waals surface area contributed by atoms with Crippen LogP contribution < -0.4 is 0 Å². The molecule has 0 atom stereocenters. The number of Topliss-reactive ketones (excluding diaryl/α,β-unsaturated/α-hetero) is 1. The van der Waals surface area contributed by atoms with E-state index in [2.05, 4.69) is 13.5 Å². The number of carbonyl (C=O) groups excluding carboxylic acids is 3. The summed E-state index contributed by atoms with van der Waals surface area (Å²) in [4.78, 5) is 35.4. The third kappa shape index (κ3) is 8.02. The summed E-state index contributed by atoms with van der Waals surface area (Å²) in [5, 5.41) is 0. The van der Waals surface area contributed by atoms with Gasteiger partial charge in [0.2, 0.25) is 0 Å². The highest BCUT2D eigenvalue weighted by Crippen LogP contribution is 2.16. The van der Waals surface area contributed by atoms with Crippen molar-refractivity contribution in [2.45, 2.75) is 39.5 Å². The number of carbonyl (C=O) groups is 3. The zero-order chi connectivity index (χ0) is 23.3. The van der Waals surface area contributed by atoms with Crippen molar-refractivity contribution >= 4 is 23.5 Å². The fourth-order valence-corrected chi connectivity index (χ4v) is 2.76. The Hall–Kier alpha value is -3.41. The van der Waals surface area contributed by atoms with Crippen LogP contribution in [0, 0.1) is 0 Å². The second kappa shape index (κ2) is 13.1. The van der Waals surface area contributed by atoms with Gasteiger partial charge in [-0.3, -0.25) is 4.79 Å². The van der Waals surface area contributed by atoms with Crippen LogP contribution in [-0.4, -0.2) is 37.5 Å². The Kier molecular flexibility index (Phi) is 10.2. The van der Waals surface area contributed by atoms with Gasteiger partial charge >= 0.3 is 11.9 Å². The van der Waals surface area contributed by atoms with E-state index in [1.807, 2.05) is 0 Å². The van der Waals surface area contributed by atoms with Gasteiger partial charge in [0.05, 0.1) is 30.9 Å². The van der Waals surface area contributed by atoms with E-state index < -0.39 is 11.9 Å². The predicted molar refractivity (Wildman–Crippen MR) is 123 cm³/mol. The molecule has 6 heteroatoms. The zero-order valence-electron chi connectivity index (χ0n) is 18.7. The topological polar surface area (TPSA) is 78.9 Å². The minimum Gasteiger partial charge on any atom is -0.494 e. The molecule has 2 rings (SSSR count). The van der Waals surface area contributed by atoms with Crippen LogP contribution in [0.15, 0.2) is 55.1 Å². The third-order valence-electron chi connectivity index (χ3n) is 4.75. The Morgan fingerprint density at radius 2 is 1.06 bits per heavy atom. The molecule has 0 fully saturated rings. The average Bonchev–Trinajstić information content (AvgIpc) is 2.81. The first-order chi connectivity index (χ1) is 15.4. The predicted octanol–water partition coefficient (Wildman–Crippen LogP) is 5.47. The Morgan fingerprint density at radius 1 is 0.656 bits per heavy atom. The lowest BCUT2D eigenvalue weighted by molar-refractivity contribution is 0.0432. The summed E-state index contributed by atoms with van der Waals surface area (Å²) >= 11 is 0. The number of esters is 2. The number of ketones is 1. The Labute approximate surface area is 189 Å². The van der Waals surface area contributed by atoms with Crippen molar-refractivity contribution in [1.82, 2.24) is 0 Å². The van der Waals surface area contributed by atoms with Crippen molar-refractivity contribution in [2.24, 2.45) is 0 Å². The standard InChI is InChI=1S/C26H30O6/c1-4-5-16-30-20(3)22-10-14-24(15-11-22)26(29)32-18-7-6-17-31-25(28)23-12-8-21(9-13-23)19(2)27/h8-15H,3-7,16-18H2,1-2H3. The maximum Gasteiger partial charge on any atom is 0.338 e. The number of unbranched alkanes of at least 4 members (excludes halogenated alkanes) is 2. The van der Waals surface area contributed by atoms with Gasteiger partial charge in [-0.1, -0.05) is 44.2 Å². The summed E-state index contributed by atoms with van der Waals surface area (Å²) in [6.45, 7) is 8.55. The van der Waals surface area contributed by atoms with Crippen LogP contribution in [0.3, 0.4) is 0 Å². The summed E-state index contributed by atoms with van der Waals surface area (Å²) in [5.41, 5.74) is 2.22. The van der Waals surface area contributed by atoms with Gasteiger partial charge < -0.3 is 14.2 Å². The van der Waals surface area contributed by atoms with Crippen LogP contribution in [-0.2, 0) is 14.2 Å². The molecule has 6 nitrogen and oxygen atoms in total. The van der Waals surface area contributed by atoms with Gasteiger partial charge in [0.25, 0.3) is 0 Å². The molecule has 0 saturated carbocycles. The van der Waals surface area contributed by atoms with Gasteiger partial charge in [0.15, 0.2) is 5.78 Å². The second-order valence-electron chi connectivity index (χ2n) is 7.32. The quantitative estimate of drug-likeness (QED) is 0.179. The lowest BCUT2D eigenvalue weighted by Gasteiger charge is -2.10. The van der Waals surface area contributed by atoms with E-state index in [9.17, 15) is 14.4 Å². The van der Waals surface area contributed by atoms with Crippen LogP contribution in [0.2, 0.25) is 0 Å². The van der Waals surface area contributed by atoms with E-state index in [0.29, 0.717) is 41.9 Å². The Morgan fingerprint density at radius 3 is 1.50 bits per heavy atom. The fourth-order valence-electron chi connectivity index (χ4n) is 2.76. The van der Waals surface area contributed by atoms with Gasteiger partial charge in [0, 0.05) is 11.1 Å². The molecule has 2 aromatic rings. The molecule has 32 heavy (non-hydrogen) atoms. The SMILES string of the molecule is C=C(OCCCC)c1ccc(C(=O)OCCCCOC(=O)c2ccc(C(C)=O)cc2)cc1. The molecule has 0 bridgehead atoms. The van der Waals surface area contributed by atoms with E-state index in [1.54, 1.807) is 48.5 Å². The summed E-state index contributed by atoms with van der Waals surface area (Å²) < 4.78 is 16.0. The van der Waals surface area contributed by atoms with Crippen molar-refractivity contribution in [1.29, 1.82) is 0 Å². The highest BCUT2D eigenvalue weighted by Gasteiger charge is 2.10. The van der Waals surface area contributed by atoms with Gasteiger partial charge in [-0.05, 0) is 50.5 Å². The van der Waals surface area contributed by atoms with E-state index in [1.165, 1.54) is 6.92 Å². The molecule has 0 aromatic heterocycles. The van der Waals surface area contributed by atoms with Crippen LogP contribution in [0.25, 0.3) is 5.76 Å². The maximum absolute atomic E-state index is 12.2. The number of benzene rings is 2. The molecule has 0 unspecified atom stereocenters. The smallest absolute Gasteiger partial charge is 0.338 e. The van der Waals surface area contributed by atoms with Crippen LogP contribution in [0.4, 0.5) is 0 Å². The first-order valence-corrected chi connectivity index (χ1v) is 10.8. The van der Waals surface area contributed by atoms with E-state index in [-0.39, 0.29) is 19.0 Å². The molecule has 0 aliphatic carbocycles. The lowest BCUT2D eigenvalue weighted by atomic mass is 10.1. The molecular formula is C26H30O6. The summed E-state index contributed by atoms with van der Waals surface area (Å²) in [6, 6.07) is 13.3. The van der Waals surface area contributed by atoms with Gasteiger partial charge in [-0.25, -0.2) is 9.59 Å². The molecule has 0 aliphatic rings. The molecule has 0 spiro atoms. The van der Waals surface area contributed by atoms with Crippen LogP contribution in [0.1, 0.15) is 76.2 Å². The van der Waals surface area contributed by atoms with E-state index >= 15 is 0 Å². The van der Waals surface area contributed by atoms with Crippen molar-refractivity contribution in [3.63, 3.8) is 0 Å². The minimum atomic E-state index is -0.447. The zero-order valence-corrected chi connectivity index (χ0v) is 18.7. The normalized spacial score (nSPS) is 10.3. The number of ether oxygens (including phenoxy) is 3. The molecule has 0 heterocycles. The first kappa shape index (κ1) is 24.9. The van der Waals surface area contributed by atoms with Gasteiger partial charge in [-0.15, -0.1) is 0 Å². The van der Waals surface area contributed by atoms with Gasteiger partial charge in [0.1, 0.15) is 5.76 Å².